The molecule has 2 nitrogen and oxygen atoms in total. The number of hydrogen-bond donors (Lipinski definition) is 0. The van der Waals surface area contributed by atoms with Crippen molar-refractivity contribution in [2.75, 3.05) is 26.4 Å². The Kier molecular flexibility index (Phi) is 2.02. The van der Waals surface area contributed by atoms with Crippen LogP contribution < -0.4 is 0 Å². The molecule has 1 unspecified atom stereocenters. The summed E-state index contributed by atoms with van der Waals surface area (Å²) in [6.45, 7) is 2.04. The molecule has 0 aromatic carbocycles. The highest BCUT2D eigenvalue weighted by Crippen LogP contribution is 2.52. The largest absolute Gasteiger partial charge is 0.306 e. The van der Waals surface area contributed by atoms with Crippen LogP contribution in [0.4, 0.5) is 0 Å². The van der Waals surface area contributed by atoms with Crippen LogP contribution in [0.2, 0.25) is 0 Å². The van der Waals surface area contributed by atoms with Crippen molar-refractivity contribution in [3.05, 3.63) is 11.6 Å². The predicted molar refractivity (Wildman–Crippen MR) is 44.8 cm³/mol. The second-order valence-corrected chi connectivity index (χ2v) is 6.26. The zero-order chi connectivity index (χ0) is 7.78. The van der Waals surface area contributed by atoms with Crippen LogP contribution in [-0.2, 0) is 4.57 Å². The molecule has 0 bridgehead atoms. The Morgan fingerprint density at radius 3 is 2.40 bits per heavy atom. The molecule has 0 fully saturated rings. The topological polar surface area (TPSA) is 20.3 Å². The maximum Gasteiger partial charge on any atom is 0.157 e. The summed E-state index contributed by atoms with van der Waals surface area (Å²) < 4.78 is 13.7. The van der Waals surface area contributed by atoms with Gasteiger partial charge >= 0.3 is 0 Å². The van der Waals surface area contributed by atoms with Gasteiger partial charge in [0.15, 0.2) is 7.29 Å². The van der Waals surface area contributed by atoms with Crippen molar-refractivity contribution < 1.29 is 4.57 Å². The van der Waals surface area contributed by atoms with Crippen LogP contribution in [0.15, 0.2) is 11.6 Å². The molecule has 1 atom stereocenters. The van der Waals surface area contributed by atoms with E-state index in [0.717, 1.165) is 12.3 Å². The third kappa shape index (κ3) is 1.33. The molecule has 1 rings (SSSR count). The summed E-state index contributed by atoms with van der Waals surface area (Å²) in [5.41, 5.74) is 1.28. The van der Waals surface area contributed by atoms with Gasteiger partial charge in [0.1, 0.15) is 0 Å². The molecule has 1 heterocycles. The molecule has 58 valence electrons. The molecule has 0 aromatic rings. The summed E-state index contributed by atoms with van der Waals surface area (Å²) in [5.74, 6) is 0. The third-order valence-corrected chi connectivity index (χ3v) is 5.15. The molecule has 0 N–H and O–H groups in total. The predicted octanol–water partition coefficient (Wildman–Crippen LogP) is 1.79. The van der Waals surface area contributed by atoms with Crippen molar-refractivity contribution in [2.24, 2.45) is 0 Å². The first-order valence-corrected chi connectivity index (χ1v) is 5.49. The molecule has 1 aliphatic heterocycles. The Morgan fingerprint density at radius 1 is 1.60 bits per heavy atom. The number of allylic oxidation sites excluding steroid dienone is 2. The molecule has 0 spiro atoms. The van der Waals surface area contributed by atoms with E-state index in [1.54, 1.807) is 0 Å². The van der Waals surface area contributed by atoms with E-state index < -0.39 is 7.29 Å². The lowest BCUT2D eigenvalue weighted by Gasteiger charge is -2.19. The highest BCUT2D eigenvalue weighted by atomic mass is 31.2. The van der Waals surface area contributed by atoms with E-state index in [9.17, 15) is 4.57 Å². The summed E-state index contributed by atoms with van der Waals surface area (Å²) in [6, 6.07) is 0. The second kappa shape index (κ2) is 2.52. The van der Waals surface area contributed by atoms with Crippen molar-refractivity contribution >= 4 is 7.29 Å². The average molecular weight is 159 g/mol. The van der Waals surface area contributed by atoms with Crippen LogP contribution in [0.3, 0.4) is 0 Å². The molecule has 3 heteroatoms. The molecular formula is C7H14NOP. The van der Waals surface area contributed by atoms with Crippen molar-refractivity contribution in [3.63, 3.8) is 0 Å². The quantitative estimate of drug-likeness (QED) is 0.429. The Hall–Kier alpha value is -0.0700. The van der Waals surface area contributed by atoms with Gasteiger partial charge in [-0.15, -0.1) is 0 Å². The monoisotopic (exact) mass is 159 g/mol. The second-order valence-electron chi connectivity index (χ2n) is 3.08. The van der Waals surface area contributed by atoms with E-state index in [1.807, 2.05) is 25.7 Å². The zero-order valence-corrected chi connectivity index (χ0v) is 7.69. The van der Waals surface area contributed by atoms with Crippen LogP contribution in [-0.4, -0.2) is 31.1 Å². The first-order chi connectivity index (χ1) is 4.54. The van der Waals surface area contributed by atoms with Gasteiger partial charge in [0.25, 0.3) is 0 Å². The number of rotatable bonds is 1. The van der Waals surface area contributed by atoms with Gasteiger partial charge in [0, 0.05) is 12.3 Å². The fourth-order valence-electron chi connectivity index (χ4n) is 1.12. The Morgan fingerprint density at radius 2 is 2.20 bits per heavy atom. The summed E-state index contributed by atoms with van der Waals surface area (Å²) in [4.78, 5) is 0. The van der Waals surface area contributed by atoms with E-state index >= 15 is 0 Å². The standard InChI is InChI=1S/C7H14NOP/c1-7-4-5-10(9,6-7)8(2)3/h4H,5-6H2,1-3H3. The first-order valence-electron chi connectivity index (χ1n) is 3.46. The number of hydrogen-bond acceptors (Lipinski definition) is 1. The molecule has 0 radical (unpaired) electrons. The molecule has 0 saturated carbocycles. The van der Waals surface area contributed by atoms with Crippen LogP contribution in [0.1, 0.15) is 6.92 Å². The lowest BCUT2D eigenvalue weighted by Crippen LogP contribution is -2.10. The van der Waals surface area contributed by atoms with E-state index in [1.165, 1.54) is 5.57 Å². The van der Waals surface area contributed by atoms with E-state index in [-0.39, 0.29) is 0 Å². The van der Waals surface area contributed by atoms with Crippen molar-refractivity contribution in [3.8, 4) is 0 Å². The third-order valence-electron chi connectivity index (χ3n) is 1.95. The molecule has 10 heavy (non-hydrogen) atoms. The fourth-order valence-corrected chi connectivity index (χ4v) is 3.37. The highest BCUT2D eigenvalue weighted by molar-refractivity contribution is 7.62. The van der Waals surface area contributed by atoms with Crippen molar-refractivity contribution in [2.45, 2.75) is 6.92 Å². The Bertz CT molecular complexity index is 208. The van der Waals surface area contributed by atoms with Gasteiger partial charge in [-0.3, -0.25) is 4.67 Å². The molecular weight excluding hydrogens is 145 g/mol. The fraction of sp³-hybridized carbons (Fsp3) is 0.714. The minimum absolute atomic E-state index is 0.770. The molecule has 0 aliphatic carbocycles. The van der Waals surface area contributed by atoms with Crippen molar-refractivity contribution in [1.29, 1.82) is 0 Å². The van der Waals surface area contributed by atoms with Gasteiger partial charge in [-0.05, 0) is 21.0 Å². The molecule has 0 saturated heterocycles. The minimum Gasteiger partial charge on any atom is -0.306 e. The van der Waals surface area contributed by atoms with Crippen LogP contribution in [0, 0.1) is 0 Å². The lowest BCUT2D eigenvalue weighted by molar-refractivity contribution is 0.521. The summed E-state index contributed by atoms with van der Waals surface area (Å²) in [6.07, 6.45) is 3.65. The Labute approximate surface area is 62.3 Å². The summed E-state index contributed by atoms with van der Waals surface area (Å²) in [7, 11) is 1.83. The van der Waals surface area contributed by atoms with Gasteiger partial charge < -0.3 is 4.57 Å². The van der Waals surface area contributed by atoms with Gasteiger partial charge in [-0.25, -0.2) is 0 Å². The van der Waals surface area contributed by atoms with Crippen LogP contribution in [0.5, 0.6) is 0 Å². The smallest absolute Gasteiger partial charge is 0.157 e. The SMILES string of the molecule is CC1=CCP(=O)(N(C)C)C1. The van der Waals surface area contributed by atoms with Gasteiger partial charge in [0.05, 0.1) is 0 Å². The minimum atomic E-state index is -1.96. The maximum atomic E-state index is 11.8. The van der Waals surface area contributed by atoms with E-state index in [0.29, 0.717) is 0 Å². The van der Waals surface area contributed by atoms with Gasteiger partial charge in [-0.2, -0.15) is 0 Å². The molecule has 0 aromatic heterocycles. The first kappa shape index (κ1) is 8.03. The summed E-state index contributed by atoms with van der Waals surface area (Å²) in [5, 5.41) is 0. The van der Waals surface area contributed by atoms with Gasteiger partial charge in [-0.1, -0.05) is 11.6 Å². The summed E-state index contributed by atoms with van der Waals surface area (Å²) >= 11 is 0. The molecule has 1 aliphatic rings. The number of nitrogens with zero attached hydrogens (tertiary/aromatic N) is 1. The Balaban J connectivity index is 2.71. The van der Waals surface area contributed by atoms with Crippen molar-refractivity contribution in [1.82, 2.24) is 4.67 Å². The van der Waals surface area contributed by atoms with E-state index in [4.69, 9.17) is 0 Å². The molecule has 0 amide bonds. The van der Waals surface area contributed by atoms with Gasteiger partial charge in [0.2, 0.25) is 0 Å². The maximum absolute atomic E-state index is 11.8. The highest BCUT2D eigenvalue weighted by Gasteiger charge is 2.28. The van der Waals surface area contributed by atoms with E-state index in [2.05, 4.69) is 6.08 Å². The zero-order valence-electron chi connectivity index (χ0n) is 6.79. The lowest BCUT2D eigenvalue weighted by atomic mass is 10.3. The average Bonchev–Trinajstić information content (AvgIpc) is 2.13. The van der Waals surface area contributed by atoms with Crippen LogP contribution in [0.25, 0.3) is 0 Å². The normalized spacial score (nSPS) is 33.0. The van der Waals surface area contributed by atoms with Crippen LogP contribution >= 0.6 is 7.29 Å².